The standard InChI is InChI=1S/C27H16Cl2N4O2/c1-16-2-10-20(11-3-16)32-26(34)23(15-30)22-14-24(17-4-6-18(28)7-5-17)33(31-25(22)27(32)35)21-12-8-19(29)9-13-21/h2-14H,1H3. The molecule has 0 amide bonds. The van der Waals surface area contributed by atoms with Crippen molar-refractivity contribution in [2.45, 2.75) is 6.92 Å². The van der Waals surface area contributed by atoms with Crippen molar-refractivity contribution < 1.29 is 0 Å². The fraction of sp³-hybridized carbons (Fsp3) is 0.0370. The molecular formula is C27H16Cl2N4O2. The average Bonchev–Trinajstić information content (AvgIpc) is 2.86. The molecule has 8 heteroatoms. The Bertz CT molecular complexity index is 1700. The quantitative estimate of drug-likeness (QED) is 0.322. The van der Waals surface area contributed by atoms with Crippen LogP contribution in [-0.2, 0) is 0 Å². The summed E-state index contributed by atoms with van der Waals surface area (Å²) in [5, 5.41) is 15.7. The van der Waals surface area contributed by atoms with Crippen molar-refractivity contribution in [1.29, 1.82) is 5.26 Å². The van der Waals surface area contributed by atoms with Gasteiger partial charge in [0.1, 0.15) is 11.6 Å². The second-order valence-electron chi connectivity index (χ2n) is 7.96. The number of hydrogen-bond acceptors (Lipinski definition) is 4. The summed E-state index contributed by atoms with van der Waals surface area (Å²) in [4.78, 5) is 26.9. The van der Waals surface area contributed by atoms with Crippen molar-refractivity contribution in [2.75, 3.05) is 0 Å². The van der Waals surface area contributed by atoms with Crippen LogP contribution >= 0.6 is 23.2 Å². The molecule has 0 saturated carbocycles. The first-order valence-corrected chi connectivity index (χ1v) is 11.3. The largest absolute Gasteiger partial charge is 0.286 e. The normalized spacial score (nSPS) is 10.9. The van der Waals surface area contributed by atoms with Crippen LogP contribution in [0.1, 0.15) is 11.1 Å². The molecule has 0 spiro atoms. The van der Waals surface area contributed by atoms with E-state index in [1.807, 2.05) is 13.0 Å². The number of fused-ring (bicyclic) bond motifs is 1. The van der Waals surface area contributed by atoms with Crippen molar-refractivity contribution in [3.8, 4) is 40.0 Å². The topological polar surface area (TPSA) is 80.7 Å². The van der Waals surface area contributed by atoms with Crippen LogP contribution in [0, 0.1) is 18.3 Å². The summed E-state index contributed by atoms with van der Waals surface area (Å²) in [7, 11) is 0. The molecule has 35 heavy (non-hydrogen) atoms. The van der Waals surface area contributed by atoms with Crippen molar-refractivity contribution in [3.63, 3.8) is 0 Å². The fourth-order valence-corrected chi connectivity index (χ4v) is 4.14. The Morgan fingerprint density at radius 3 is 1.97 bits per heavy atom. The Morgan fingerprint density at radius 2 is 1.37 bits per heavy atom. The monoisotopic (exact) mass is 498 g/mol. The number of nitriles is 1. The predicted molar refractivity (Wildman–Crippen MR) is 137 cm³/mol. The lowest BCUT2D eigenvalue weighted by Crippen LogP contribution is -2.36. The molecule has 170 valence electrons. The Morgan fingerprint density at radius 1 is 0.800 bits per heavy atom. The highest BCUT2D eigenvalue weighted by Crippen LogP contribution is 2.30. The summed E-state index contributed by atoms with van der Waals surface area (Å²) < 4.78 is 2.58. The van der Waals surface area contributed by atoms with Gasteiger partial charge in [-0.25, -0.2) is 9.25 Å². The van der Waals surface area contributed by atoms with E-state index in [1.54, 1.807) is 83.5 Å². The van der Waals surface area contributed by atoms with Crippen LogP contribution in [0.3, 0.4) is 0 Å². The van der Waals surface area contributed by atoms with E-state index in [0.29, 0.717) is 27.1 Å². The molecule has 0 aliphatic carbocycles. The first kappa shape index (κ1) is 22.6. The highest BCUT2D eigenvalue weighted by Gasteiger charge is 2.25. The highest BCUT2D eigenvalue weighted by molar-refractivity contribution is 6.30. The predicted octanol–water partition coefficient (Wildman–Crippen LogP) is 5.64. The van der Waals surface area contributed by atoms with Gasteiger partial charge in [0.15, 0.2) is 5.69 Å². The van der Waals surface area contributed by atoms with Gasteiger partial charge in [-0.3, -0.25) is 9.59 Å². The van der Waals surface area contributed by atoms with Gasteiger partial charge in [-0.1, -0.05) is 53.0 Å². The third-order valence-corrected chi connectivity index (χ3v) is 6.18. The summed E-state index contributed by atoms with van der Waals surface area (Å²) >= 11 is 12.2. The number of aromatic nitrogens is 3. The number of pyridine rings is 1. The first-order chi connectivity index (χ1) is 16.9. The van der Waals surface area contributed by atoms with Gasteiger partial charge in [0.2, 0.25) is 0 Å². The van der Waals surface area contributed by atoms with Gasteiger partial charge in [-0.05, 0) is 61.5 Å². The van der Waals surface area contributed by atoms with Crippen LogP contribution in [0.25, 0.3) is 33.9 Å². The number of hydrogen-bond donors (Lipinski definition) is 0. The van der Waals surface area contributed by atoms with E-state index in [-0.39, 0.29) is 16.8 Å². The molecule has 3 aromatic rings. The van der Waals surface area contributed by atoms with E-state index in [1.165, 1.54) is 0 Å². The molecule has 0 N–H and O–H groups in total. The van der Waals surface area contributed by atoms with E-state index >= 15 is 0 Å². The third kappa shape index (κ3) is 4.01. The van der Waals surface area contributed by atoms with E-state index in [4.69, 9.17) is 23.2 Å². The minimum atomic E-state index is -0.693. The van der Waals surface area contributed by atoms with Crippen molar-refractivity contribution in [2.24, 2.45) is 0 Å². The van der Waals surface area contributed by atoms with Crippen LogP contribution in [0.5, 0.6) is 0 Å². The van der Waals surface area contributed by atoms with Crippen LogP contribution in [0.15, 0.2) is 88.5 Å². The van der Waals surface area contributed by atoms with Gasteiger partial charge in [-0.2, -0.15) is 10.4 Å². The van der Waals surface area contributed by atoms with Crippen molar-refractivity contribution >= 4 is 23.2 Å². The van der Waals surface area contributed by atoms with Crippen LogP contribution < -0.4 is 11.1 Å². The second kappa shape index (κ2) is 8.88. The minimum absolute atomic E-state index is 0.00520. The van der Waals surface area contributed by atoms with Crippen molar-refractivity contribution in [1.82, 2.24) is 14.3 Å². The lowest BCUT2D eigenvalue weighted by Gasteiger charge is -2.18. The number of aryl methyl sites for hydroxylation is 1. The van der Waals surface area contributed by atoms with Crippen LogP contribution in [-0.4, -0.2) is 14.3 Å². The molecule has 2 aliphatic rings. The smallest absolute Gasteiger partial charge is 0.267 e. The van der Waals surface area contributed by atoms with Gasteiger partial charge in [0.05, 0.1) is 17.1 Å². The summed E-state index contributed by atoms with van der Waals surface area (Å²) in [6.45, 7) is 1.90. The Labute approximate surface area is 210 Å². The molecule has 0 bridgehead atoms. The lowest BCUT2D eigenvalue weighted by atomic mass is 10.0. The van der Waals surface area contributed by atoms with Gasteiger partial charge in [0.25, 0.3) is 11.1 Å². The average molecular weight is 499 g/mol. The number of nitrogens with zero attached hydrogens (tertiary/aromatic N) is 4. The molecule has 0 atom stereocenters. The Balaban J connectivity index is 1.90. The summed E-state index contributed by atoms with van der Waals surface area (Å²) in [6, 6.07) is 24.6. The molecule has 0 unspecified atom stereocenters. The maximum atomic E-state index is 13.6. The SMILES string of the molecule is Cc1ccc(-n2c(=O)c3nn(-c4ccc(Cl)cc4)c(-c4ccc(Cl)cc4)cc-3c(C#N)c2=O)cc1. The molecule has 0 saturated heterocycles. The van der Waals surface area contributed by atoms with E-state index < -0.39 is 11.1 Å². The van der Waals surface area contributed by atoms with Gasteiger partial charge in [-0.15, -0.1) is 0 Å². The molecule has 2 heterocycles. The highest BCUT2D eigenvalue weighted by atomic mass is 35.5. The van der Waals surface area contributed by atoms with E-state index in [0.717, 1.165) is 15.7 Å². The molecule has 3 aromatic carbocycles. The molecule has 2 aliphatic heterocycles. The van der Waals surface area contributed by atoms with Gasteiger partial charge < -0.3 is 0 Å². The van der Waals surface area contributed by atoms with E-state index in [2.05, 4.69) is 5.10 Å². The van der Waals surface area contributed by atoms with Gasteiger partial charge in [0, 0.05) is 21.2 Å². The maximum Gasteiger partial charge on any atom is 0.286 e. The third-order valence-electron chi connectivity index (χ3n) is 5.67. The summed E-state index contributed by atoms with van der Waals surface area (Å²) in [5.41, 5.74) is 2.00. The molecule has 0 radical (unpaired) electrons. The molecule has 0 fully saturated rings. The lowest BCUT2D eigenvalue weighted by molar-refractivity contribution is 0.828. The first-order valence-electron chi connectivity index (χ1n) is 10.6. The van der Waals surface area contributed by atoms with Crippen molar-refractivity contribution in [3.05, 3.63) is 121 Å². The zero-order valence-electron chi connectivity index (χ0n) is 18.4. The zero-order valence-corrected chi connectivity index (χ0v) is 19.9. The molecule has 5 rings (SSSR count). The maximum absolute atomic E-state index is 13.6. The van der Waals surface area contributed by atoms with Crippen LogP contribution in [0.4, 0.5) is 0 Å². The Kier molecular flexibility index (Phi) is 5.73. The summed E-state index contributed by atoms with van der Waals surface area (Å²) in [6.07, 6.45) is 0. The second-order valence-corrected chi connectivity index (χ2v) is 8.83. The minimum Gasteiger partial charge on any atom is -0.267 e. The number of rotatable bonds is 3. The van der Waals surface area contributed by atoms with Gasteiger partial charge >= 0.3 is 0 Å². The van der Waals surface area contributed by atoms with Crippen LogP contribution in [0.2, 0.25) is 10.0 Å². The van der Waals surface area contributed by atoms with E-state index in [9.17, 15) is 14.9 Å². The molecule has 6 nitrogen and oxygen atoms in total. The number of halogens is 2. The molecule has 0 aromatic heterocycles. The molecular weight excluding hydrogens is 483 g/mol. The zero-order chi connectivity index (χ0) is 24.7. The Hall–Kier alpha value is -4.18. The fourth-order valence-electron chi connectivity index (χ4n) is 3.89. The summed E-state index contributed by atoms with van der Waals surface area (Å²) in [5.74, 6) is 0. The number of benzene rings is 3.